The molecule has 128 valence electrons. The molecule has 1 aliphatic rings. The molecule has 3 nitrogen and oxygen atoms in total. The smallest absolute Gasteiger partial charge is 0.133 e. The largest absolute Gasteiger partial charge is 0.369 e. The predicted octanol–water partition coefficient (Wildman–Crippen LogP) is 5.94. The zero-order chi connectivity index (χ0) is 17.6. The fraction of sp³-hybridized carbons (Fsp3) is 0.250. The van der Waals surface area contributed by atoms with Crippen molar-refractivity contribution in [2.24, 2.45) is 0 Å². The van der Waals surface area contributed by atoms with Crippen molar-refractivity contribution >= 4 is 29.0 Å². The highest BCUT2D eigenvalue weighted by molar-refractivity contribution is 6.35. The Morgan fingerprint density at radius 1 is 1.12 bits per heavy atom. The zero-order valence-electron chi connectivity index (χ0n) is 14.2. The Morgan fingerprint density at radius 2 is 1.92 bits per heavy atom. The van der Waals surface area contributed by atoms with Gasteiger partial charge in [-0.25, -0.2) is 4.68 Å². The number of fused-ring (bicyclic) bond motifs is 1. The summed E-state index contributed by atoms with van der Waals surface area (Å²) in [7, 11) is 0. The second-order valence-corrected chi connectivity index (χ2v) is 7.45. The SMILES string of the molecule is CC(C)c1ccccc1-n1nc(-c2cc(Cl)ccc2Cl)c2c1NCC2. The molecule has 0 unspecified atom stereocenters. The van der Waals surface area contributed by atoms with E-state index in [1.807, 2.05) is 16.8 Å². The first-order chi connectivity index (χ1) is 12.1. The molecule has 1 N–H and O–H groups in total. The van der Waals surface area contributed by atoms with Gasteiger partial charge < -0.3 is 5.32 Å². The van der Waals surface area contributed by atoms with Crippen LogP contribution in [0.25, 0.3) is 16.9 Å². The number of nitrogens with zero attached hydrogens (tertiary/aromatic N) is 2. The van der Waals surface area contributed by atoms with Crippen molar-refractivity contribution in [1.29, 1.82) is 0 Å². The molecule has 25 heavy (non-hydrogen) atoms. The third-order valence-electron chi connectivity index (χ3n) is 4.62. The van der Waals surface area contributed by atoms with E-state index in [1.165, 1.54) is 11.1 Å². The number of aromatic nitrogens is 2. The van der Waals surface area contributed by atoms with Crippen LogP contribution in [0.5, 0.6) is 0 Å². The van der Waals surface area contributed by atoms with E-state index in [0.717, 1.165) is 35.7 Å². The van der Waals surface area contributed by atoms with Gasteiger partial charge in [0.15, 0.2) is 0 Å². The molecule has 2 aromatic carbocycles. The number of anilines is 1. The highest BCUT2D eigenvalue weighted by Gasteiger charge is 2.26. The maximum absolute atomic E-state index is 6.44. The summed E-state index contributed by atoms with van der Waals surface area (Å²) in [6.45, 7) is 5.30. The van der Waals surface area contributed by atoms with Crippen molar-refractivity contribution in [3.05, 3.63) is 63.6 Å². The van der Waals surface area contributed by atoms with Gasteiger partial charge in [0.1, 0.15) is 5.82 Å². The molecular weight excluding hydrogens is 353 g/mol. The third kappa shape index (κ3) is 2.82. The first kappa shape index (κ1) is 16.5. The lowest BCUT2D eigenvalue weighted by molar-refractivity contribution is 0.812. The minimum absolute atomic E-state index is 0.413. The first-order valence-corrected chi connectivity index (χ1v) is 9.22. The number of rotatable bonds is 3. The van der Waals surface area contributed by atoms with Crippen LogP contribution in [0.15, 0.2) is 42.5 Å². The lowest BCUT2D eigenvalue weighted by Gasteiger charge is -2.14. The quantitative estimate of drug-likeness (QED) is 0.617. The fourth-order valence-corrected chi connectivity index (χ4v) is 3.79. The average Bonchev–Trinajstić information content (AvgIpc) is 3.19. The van der Waals surface area contributed by atoms with Crippen LogP contribution in [0.2, 0.25) is 10.0 Å². The number of benzene rings is 2. The number of halogens is 2. The van der Waals surface area contributed by atoms with Gasteiger partial charge in [0, 0.05) is 22.7 Å². The normalized spacial score (nSPS) is 13.2. The van der Waals surface area contributed by atoms with Crippen molar-refractivity contribution in [2.45, 2.75) is 26.2 Å². The van der Waals surface area contributed by atoms with Gasteiger partial charge in [0.25, 0.3) is 0 Å². The van der Waals surface area contributed by atoms with Crippen molar-refractivity contribution in [3.63, 3.8) is 0 Å². The van der Waals surface area contributed by atoms with Crippen molar-refractivity contribution in [3.8, 4) is 16.9 Å². The Labute approximate surface area is 157 Å². The summed E-state index contributed by atoms with van der Waals surface area (Å²) in [5.74, 6) is 1.47. The molecule has 4 rings (SSSR count). The third-order valence-corrected chi connectivity index (χ3v) is 5.19. The molecule has 0 bridgehead atoms. The van der Waals surface area contributed by atoms with Gasteiger partial charge in [-0.2, -0.15) is 5.10 Å². The molecule has 3 aromatic rings. The molecule has 5 heteroatoms. The predicted molar refractivity (Wildman–Crippen MR) is 105 cm³/mol. The minimum atomic E-state index is 0.413. The van der Waals surface area contributed by atoms with Crippen LogP contribution >= 0.6 is 23.2 Å². The minimum Gasteiger partial charge on any atom is -0.369 e. The van der Waals surface area contributed by atoms with E-state index in [4.69, 9.17) is 28.3 Å². The Morgan fingerprint density at radius 3 is 2.72 bits per heavy atom. The summed E-state index contributed by atoms with van der Waals surface area (Å²) >= 11 is 12.6. The second-order valence-electron chi connectivity index (χ2n) is 6.60. The van der Waals surface area contributed by atoms with E-state index in [-0.39, 0.29) is 0 Å². The van der Waals surface area contributed by atoms with E-state index >= 15 is 0 Å². The molecule has 0 radical (unpaired) electrons. The molecule has 0 spiro atoms. The number of hydrogen-bond acceptors (Lipinski definition) is 2. The second kappa shape index (κ2) is 6.40. The summed E-state index contributed by atoms with van der Waals surface area (Å²) in [4.78, 5) is 0. The maximum atomic E-state index is 6.44. The summed E-state index contributed by atoms with van der Waals surface area (Å²) < 4.78 is 2.02. The van der Waals surface area contributed by atoms with Gasteiger partial charge in [-0.1, -0.05) is 55.2 Å². The molecule has 0 amide bonds. The maximum Gasteiger partial charge on any atom is 0.133 e. The van der Waals surface area contributed by atoms with Crippen LogP contribution in [0.1, 0.15) is 30.9 Å². The van der Waals surface area contributed by atoms with Crippen LogP contribution in [-0.4, -0.2) is 16.3 Å². The summed E-state index contributed by atoms with van der Waals surface area (Å²) in [5, 5.41) is 9.74. The van der Waals surface area contributed by atoms with Crippen LogP contribution in [0.3, 0.4) is 0 Å². The average molecular weight is 372 g/mol. The van der Waals surface area contributed by atoms with Gasteiger partial charge in [0.05, 0.1) is 16.4 Å². The Hall–Kier alpha value is -1.97. The number of hydrogen-bond donors (Lipinski definition) is 1. The summed E-state index contributed by atoms with van der Waals surface area (Å²) in [6.07, 6.45) is 0.928. The Kier molecular flexibility index (Phi) is 4.22. The van der Waals surface area contributed by atoms with E-state index in [2.05, 4.69) is 43.4 Å². The van der Waals surface area contributed by atoms with Gasteiger partial charge in [0.2, 0.25) is 0 Å². The van der Waals surface area contributed by atoms with E-state index < -0.39 is 0 Å². The molecule has 0 saturated heterocycles. The van der Waals surface area contributed by atoms with Gasteiger partial charge >= 0.3 is 0 Å². The standard InChI is InChI=1S/C20H19Cl2N3/c1-12(2)14-5-3-4-6-18(14)25-20-15(9-10-23-20)19(24-25)16-11-13(21)7-8-17(16)22/h3-8,11-12,23H,9-10H2,1-2H3. The molecule has 0 saturated carbocycles. The fourth-order valence-electron chi connectivity index (χ4n) is 3.41. The topological polar surface area (TPSA) is 29.9 Å². The molecule has 1 aromatic heterocycles. The van der Waals surface area contributed by atoms with Crippen molar-refractivity contribution in [2.75, 3.05) is 11.9 Å². The molecule has 2 heterocycles. The number of para-hydroxylation sites is 1. The van der Waals surface area contributed by atoms with Crippen LogP contribution in [0.4, 0.5) is 5.82 Å². The van der Waals surface area contributed by atoms with Gasteiger partial charge in [-0.15, -0.1) is 0 Å². The lowest BCUT2D eigenvalue weighted by Crippen LogP contribution is -2.07. The van der Waals surface area contributed by atoms with Gasteiger partial charge in [-0.3, -0.25) is 0 Å². The van der Waals surface area contributed by atoms with E-state index in [0.29, 0.717) is 16.0 Å². The summed E-state index contributed by atoms with van der Waals surface area (Å²) in [6, 6.07) is 13.9. The van der Waals surface area contributed by atoms with Crippen LogP contribution in [0, 0.1) is 0 Å². The highest BCUT2D eigenvalue weighted by atomic mass is 35.5. The van der Waals surface area contributed by atoms with Crippen molar-refractivity contribution in [1.82, 2.24) is 9.78 Å². The van der Waals surface area contributed by atoms with E-state index in [1.54, 1.807) is 6.07 Å². The van der Waals surface area contributed by atoms with Crippen molar-refractivity contribution < 1.29 is 0 Å². The molecule has 0 atom stereocenters. The highest BCUT2D eigenvalue weighted by Crippen LogP contribution is 2.39. The molecular formula is C20H19Cl2N3. The van der Waals surface area contributed by atoms with Gasteiger partial charge in [-0.05, 0) is 42.2 Å². The van der Waals surface area contributed by atoms with Crippen LogP contribution < -0.4 is 5.32 Å². The molecule has 0 aliphatic carbocycles. The Bertz CT molecular complexity index is 944. The molecule has 1 aliphatic heterocycles. The lowest BCUT2D eigenvalue weighted by atomic mass is 10.0. The molecule has 0 fully saturated rings. The monoisotopic (exact) mass is 371 g/mol. The van der Waals surface area contributed by atoms with Crippen LogP contribution in [-0.2, 0) is 6.42 Å². The zero-order valence-corrected chi connectivity index (χ0v) is 15.7. The Balaban J connectivity index is 1.95. The number of nitrogens with one attached hydrogen (secondary N) is 1. The van der Waals surface area contributed by atoms with E-state index in [9.17, 15) is 0 Å². The summed E-state index contributed by atoms with van der Waals surface area (Å²) in [5.41, 5.74) is 5.36. The first-order valence-electron chi connectivity index (χ1n) is 8.46.